The summed E-state index contributed by atoms with van der Waals surface area (Å²) < 4.78 is 6.85. The highest BCUT2D eigenvalue weighted by molar-refractivity contribution is 9.10. The molecule has 16 heavy (non-hydrogen) atoms. The van der Waals surface area contributed by atoms with Gasteiger partial charge in [-0.1, -0.05) is 25.1 Å². The predicted octanol–water partition coefficient (Wildman–Crippen LogP) is 4.91. The smallest absolute Gasteiger partial charge is 0.149 e. The lowest BCUT2D eigenvalue weighted by Crippen LogP contribution is -1.77. The monoisotopic (exact) mass is 274 g/mol. The van der Waals surface area contributed by atoms with Gasteiger partial charge in [0.25, 0.3) is 0 Å². The fourth-order valence-corrected chi connectivity index (χ4v) is 2.48. The van der Waals surface area contributed by atoms with Crippen molar-refractivity contribution in [3.05, 3.63) is 46.4 Å². The number of fused-ring (bicyclic) bond motifs is 3. The van der Waals surface area contributed by atoms with E-state index in [1.165, 1.54) is 16.3 Å². The van der Waals surface area contributed by atoms with Crippen LogP contribution in [0.25, 0.3) is 21.9 Å². The van der Waals surface area contributed by atoms with Gasteiger partial charge < -0.3 is 4.42 Å². The summed E-state index contributed by atoms with van der Waals surface area (Å²) in [6, 6.07) is 12.5. The van der Waals surface area contributed by atoms with Crippen molar-refractivity contribution in [2.24, 2.45) is 0 Å². The molecule has 0 aliphatic heterocycles. The molecule has 3 rings (SSSR count). The molecule has 0 aliphatic rings. The molecule has 0 saturated heterocycles. The normalized spacial score (nSPS) is 11.4. The summed E-state index contributed by atoms with van der Waals surface area (Å²) in [4.78, 5) is 0. The molecule has 0 spiro atoms. The molecule has 0 bridgehead atoms. The van der Waals surface area contributed by atoms with E-state index >= 15 is 0 Å². The van der Waals surface area contributed by atoms with Crippen molar-refractivity contribution in [1.82, 2.24) is 0 Å². The van der Waals surface area contributed by atoms with Gasteiger partial charge in [-0.25, -0.2) is 0 Å². The SMILES string of the molecule is CCc1ccc2oc3c(Br)cccc3c2c1. The molecular weight excluding hydrogens is 264 g/mol. The maximum absolute atomic E-state index is 5.84. The summed E-state index contributed by atoms with van der Waals surface area (Å²) in [6.45, 7) is 2.17. The average Bonchev–Trinajstić information content (AvgIpc) is 2.68. The Kier molecular flexibility index (Phi) is 2.25. The molecule has 0 N–H and O–H groups in total. The van der Waals surface area contributed by atoms with E-state index in [0.717, 1.165) is 22.1 Å². The van der Waals surface area contributed by atoms with Gasteiger partial charge in [0.1, 0.15) is 11.2 Å². The number of rotatable bonds is 1. The standard InChI is InChI=1S/C14H11BrO/c1-2-9-6-7-13-11(8-9)10-4-3-5-12(15)14(10)16-13/h3-8H,2H2,1H3. The van der Waals surface area contributed by atoms with Crippen LogP contribution in [0, 0.1) is 0 Å². The van der Waals surface area contributed by atoms with Gasteiger partial charge in [0.2, 0.25) is 0 Å². The molecule has 0 fully saturated rings. The third kappa shape index (κ3) is 1.37. The lowest BCUT2D eigenvalue weighted by molar-refractivity contribution is 0.666. The van der Waals surface area contributed by atoms with Crippen LogP contribution in [-0.4, -0.2) is 0 Å². The van der Waals surface area contributed by atoms with Crippen LogP contribution in [0.5, 0.6) is 0 Å². The van der Waals surface area contributed by atoms with E-state index in [4.69, 9.17) is 4.42 Å². The summed E-state index contributed by atoms with van der Waals surface area (Å²) >= 11 is 3.52. The molecule has 0 unspecified atom stereocenters. The molecule has 1 aromatic heterocycles. The average molecular weight is 275 g/mol. The molecule has 80 valence electrons. The van der Waals surface area contributed by atoms with Crippen molar-refractivity contribution in [3.63, 3.8) is 0 Å². The van der Waals surface area contributed by atoms with Crippen LogP contribution < -0.4 is 0 Å². The van der Waals surface area contributed by atoms with Crippen LogP contribution in [0.3, 0.4) is 0 Å². The number of furan rings is 1. The van der Waals surface area contributed by atoms with Gasteiger partial charge in [0.15, 0.2) is 0 Å². The van der Waals surface area contributed by atoms with Gasteiger partial charge in [-0.2, -0.15) is 0 Å². The maximum atomic E-state index is 5.84. The molecular formula is C14H11BrO. The number of aryl methyl sites for hydroxylation is 1. The van der Waals surface area contributed by atoms with Crippen molar-refractivity contribution in [2.75, 3.05) is 0 Å². The second-order valence-corrected chi connectivity index (χ2v) is 4.76. The van der Waals surface area contributed by atoms with Crippen molar-refractivity contribution >= 4 is 37.9 Å². The molecule has 0 amide bonds. The fourth-order valence-electron chi connectivity index (χ4n) is 2.03. The zero-order valence-corrected chi connectivity index (χ0v) is 10.5. The van der Waals surface area contributed by atoms with Crippen LogP contribution in [0.1, 0.15) is 12.5 Å². The number of hydrogen-bond donors (Lipinski definition) is 0. The molecule has 1 nitrogen and oxygen atoms in total. The molecule has 0 aliphatic carbocycles. The van der Waals surface area contributed by atoms with Crippen LogP contribution >= 0.6 is 15.9 Å². The summed E-state index contributed by atoms with van der Waals surface area (Å²) in [5.74, 6) is 0. The Morgan fingerprint density at radius 3 is 2.81 bits per heavy atom. The van der Waals surface area contributed by atoms with Crippen LogP contribution in [0.15, 0.2) is 45.3 Å². The van der Waals surface area contributed by atoms with Gasteiger partial charge >= 0.3 is 0 Å². The summed E-state index contributed by atoms with van der Waals surface area (Å²) in [6.07, 6.45) is 1.05. The maximum Gasteiger partial charge on any atom is 0.149 e. The first-order valence-electron chi connectivity index (χ1n) is 5.39. The van der Waals surface area contributed by atoms with Crippen molar-refractivity contribution < 1.29 is 4.42 Å². The van der Waals surface area contributed by atoms with Crippen LogP contribution in [0.2, 0.25) is 0 Å². The van der Waals surface area contributed by atoms with Crippen LogP contribution in [-0.2, 0) is 6.42 Å². The lowest BCUT2D eigenvalue weighted by atomic mass is 10.1. The Balaban J connectivity index is 2.47. The highest BCUT2D eigenvalue weighted by Crippen LogP contribution is 2.33. The topological polar surface area (TPSA) is 13.1 Å². The van der Waals surface area contributed by atoms with E-state index < -0.39 is 0 Å². The second-order valence-electron chi connectivity index (χ2n) is 3.90. The molecule has 3 aromatic rings. The quantitative estimate of drug-likeness (QED) is 0.615. The number of hydrogen-bond acceptors (Lipinski definition) is 1. The Morgan fingerprint density at radius 1 is 1.12 bits per heavy atom. The van der Waals surface area contributed by atoms with E-state index in [0.29, 0.717) is 0 Å². The molecule has 0 radical (unpaired) electrons. The minimum Gasteiger partial charge on any atom is -0.455 e. The van der Waals surface area contributed by atoms with E-state index in [1.54, 1.807) is 0 Å². The van der Waals surface area contributed by atoms with E-state index in [1.807, 2.05) is 12.1 Å². The zero-order chi connectivity index (χ0) is 11.1. The Hall–Kier alpha value is -1.28. The lowest BCUT2D eigenvalue weighted by Gasteiger charge is -1.95. The van der Waals surface area contributed by atoms with Gasteiger partial charge in [-0.05, 0) is 46.1 Å². The molecule has 2 heteroatoms. The van der Waals surface area contributed by atoms with Gasteiger partial charge in [-0.15, -0.1) is 0 Å². The van der Waals surface area contributed by atoms with Crippen molar-refractivity contribution in [1.29, 1.82) is 0 Å². The largest absolute Gasteiger partial charge is 0.455 e. The molecule has 0 atom stereocenters. The van der Waals surface area contributed by atoms with E-state index in [9.17, 15) is 0 Å². The highest BCUT2D eigenvalue weighted by Gasteiger charge is 2.09. The minimum absolute atomic E-state index is 0.936. The first-order valence-corrected chi connectivity index (χ1v) is 6.18. The molecule has 2 aromatic carbocycles. The summed E-state index contributed by atoms with van der Waals surface area (Å²) in [5.41, 5.74) is 3.24. The third-order valence-corrected chi connectivity index (χ3v) is 3.55. The zero-order valence-electron chi connectivity index (χ0n) is 8.96. The fraction of sp³-hybridized carbons (Fsp3) is 0.143. The Labute approximate surface area is 102 Å². The Bertz CT molecular complexity index is 667. The van der Waals surface area contributed by atoms with Gasteiger partial charge in [-0.3, -0.25) is 0 Å². The number of halogens is 1. The third-order valence-electron chi connectivity index (χ3n) is 2.92. The highest BCUT2D eigenvalue weighted by atomic mass is 79.9. The first-order chi connectivity index (χ1) is 7.79. The van der Waals surface area contributed by atoms with Crippen molar-refractivity contribution in [2.45, 2.75) is 13.3 Å². The molecule has 0 saturated carbocycles. The second kappa shape index (κ2) is 3.63. The molecule has 1 heterocycles. The predicted molar refractivity (Wildman–Crippen MR) is 70.8 cm³/mol. The van der Waals surface area contributed by atoms with E-state index in [-0.39, 0.29) is 0 Å². The van der Waals surface area contributed by atoms with Gasteiger partial charge in [0.05, 0.1) is 4.47 Å². The Morgan fingerprint density at radius 2 is 2.00 bits per heavy atom. The van der Waals surface area contributed by atoms with Gasteiger partial charge in [0, 0.05) is 10.8 Å². The van der Waals surface area contributed by atoms with Crippen LogP contribution in [0.4, 0.5) is 0 Å². The minimum atomic E-state index is 0.936. The number of para-hydroxylation sites is 1. The summed E-state index contributed by atoms with van der Waals surface area (Å²) in [7, 11) is 0. The van der Waals surface area contributed by atoms with Crippen molar-refractivity contribution in [3.8, 4) is 0 Å². The van der Waals surface area contributed by atoms with E-state index in [2.05, 4.69) is 47.1 Å². The number of benzene rings is 2. The first kappa shape index (κ1) is 9.91. The summed E-state index contributed by atoms with van der Waals surface area (Å²) in [5, 5.41) is 2.38.